The van der Waals surface area contributed by atoms with Crippen molar-refractivity contribution in [3.8, 4) is 0 Å². The molecule has 4 heteroatoms. The van der Waals surface area contributed by atoms with Gasteiger partial charge in [-0.15, -0.1) is 0 Å². The van der Waals surface area contributed by atoms with Gasteiger partial charge < -0.3 is 5.32 Å². The largest absolute Gasteiger partial charge is 0.305 e. The molecule has 25 heavy (non-hydrogen) atoms. The summed E-state index contributed by atoms with van der Waals surface area (Å²) in [6.07, 6.45) is 7.08. The van der Waals surface area contributed by atoms with Crippen molar-refractivity contribution in [1.82, 2.24) is 5.32 Å². The number of aryl methyl sites for hydroxylation is 1. The maximum absolute atomic E-state index is 13.3. The minimum absolute atomic E-state index is 0.166. The van der Waals surface area contributed by atoms with Crippen LogP contribution in [0.15, 0.2) is 29.3 Å². The smallest absolute Gasteiger partial charge is 0.232 e. The van der Waals surface area contributed by atoms with Crippen LogP contribution in [0, 0.1) is 24.2 Å². The predicted octanol–water partition coefficient (Wildman–Crippen LogP) is 4.05. The lowest BCUT2D eigenvalue weighted by Crippen LogP contribution is -2.59. The first kappa shape index (κ1) is 15.9. The summed E-state index contributed by atoms with van der Waals surface area (Å²) in [6.45, 7) is 2.99. The van der Waals surface area contributed by atoms with Gasteiger partial charge in [0.05, 0.1) is 12.0 Å². The van der Waals surface area contributed by atoms with Gasteiger partial charge in [-0.3, -0.25) is 9.79 Å². The van der Waals surface area contributed by atoms with Crippen molar-refractivity contribution in [1.29, 1.82) is 0 Å². The van der Waals surface area contributed by atoms with Crippen LogP contribution in [0.25, 0.3) is 0 Å². The van der Waals surface area contributed by atoms with Crippen LogP contribution in [-0.2, 0) is 10.2 Å². The van der Waals surface area contributed by atoms with Crippen molar-refractivity contribution >= 4 is 22.8 Å². The zero-order valence-corrected chi connectivity index (χ0v) is 15.7. The molecule has 1 amide bonds. The second-order valence-corrected chi connectivity index (χ2v) is 9.96. The Labute approximate surface area is 154 Å². The molecule has 132 valence electrons. The third kappa shape index (κ3) is 2.56. The van der Waals surface area contributed by atoms with Crippen LogP contribution in [0.4, 0.5) is 0 Å². The molecule has 1 heterocycles. The van der Waals surface area contributed by atoms with Crippen LogP contribution in [0.1, 0.15) is 49.7 Å². The van der Waals surface area contributed by atoms with Crippen molar-refractivity contribution in [3.05, 3.63) is 35.4 Å². The fourth-order valence-electron chi connectivity index (χ4n) is 6.41. The van der Waals surface area contributed by atoms with Crippen molar-refractivity contribution in [2.24, 2.45) is 22.2 Å². The second-order valence-electron chi connectivity index (χ2n) is 8.88. The van der Waals surface area contributed by atoms with E-state index in [0.717, 1.165) is 36.7 Å². The molecule has 1 aromatic carbocycles. The summed E-state index contributed by atoms with van der Waals surface area (Å²) in [7, 11) is 0. The summed E-state index contributed by atoms with van der Waals surface area (Å²) >= 11 is 1.69. The quantitative estimate of drug-likeness (QED) is 0.870. The van der Waals surface area contributed by atoms with Gasteiger partial charge in [0, 0.05) is 5.75 Å². The normalized spacial score (nSPS) is 38.7. The van der Waals surface area contributed by atoms with Crippen LogP contribution >= 0.6 is 11.8 Å². The van der Waals surface area contributed by atoms with E-state index in [1.165, 1.54) is 30.4 Å². The molecule has 1 N–H and O–H groups in total. The second kappa shape index (κ2) is 5.60. The number of hydrogen-bond donors (Lipinski definition) is 1. The average Bonchev–Trinajstić information content (AvgIpc) is 3.07. The third-order valence-electron chi connectivity index (χ3n) is 7.01. The van der Waals surface area contributed by atoms with E-state index in [-0.39, 0.29) is 16.7 Å². The summed E-state index contributed by atoms with van der Waals surface area (Å²) in [6, 6.07) is 9.13. The van der Waals surface area contributed by atoms with Crippen molar-refractivity contribution in [3.63, 3.8) is 0 Å². The van der Waals surface area contributed by atoms with Crippen LogP contribution < -0.4 is 5.32 Å². The van der Waals surface area contributed by atoms with Crippen molar-refractivity contribution < 1.29 is 4.79 Å². The van der Waals surface area contributed by atoms with E-state index in [2.05, 4.69) is 41.5 Å². The van der Waals surface area contributed by atoms with Crippen molar-refractivity contribution in [2.75, 3.05) is 12.3 Å². The highest BCUT2D eigenvalue weighted by atomic mass is 32.2. The fraction of sp³-hybridized carbons (Fsp3) is 0.619. The third-order valence-corrected chi connectivity index (χ3v) is 7.90. The molecule has 0 radical (unpaired) electrons. The number of carbonyl (C=O) groups is 1. The highest BCUT2D eigenvalue weighted by Crippen LogP contribution is 2.65. The molecule has 0 aromatic heterocycles. The number of benzene rings is 1. The SMILES string of the molecule is Cc1ccc(C23CC4CC(CC(C(=O)NC5=NCCS5)(C4)C2)C3)cc1. The molecule has 6 rings (SSSR count). The highest BCUT2D eigenvalue weighted by Gasteiger charge is 2.61. The first-order chi connectivity index (χ1) is 12.1. The first-order valence-electron chi connectivity index (χ1n) is 9.63. The van der Waals surface area contributed by atoms with Gasteiger partial charge in [0.1, 0.15) is 0 Å². The van der Waals surface area contributed by atoms with E-state index in [4.69, 9.17) is 0 Å². The van der Waals surface area contributed by atoms with Gasteiger partial charge in [-0.2, -0.15) is 0 Å². The summed E-state index contributed by atoms with van der Waals surface area (Å²) in [4.78, 5) is 17.7. The number of amidine groups is 1. The Bertz CT molecular complexity index is 725. The number of thioether (sulfide) groups is 1. The Morgan fingerprint density at radius 3 is 2.52 bits per heavy atom. The minimum atomic E-state index is -0.166. The lowest BCUT2D eigenvalue weighted by Gasteiger charge is -2.61. The monoisotopic (exact) mass is 354 g/mol. The topological polar surface area (TPSA) is 41.5 Å². The number of hydrogen-bond acceptors (Lipinski definition) is 3. The summed E-state index contributed by atoms with van der Waals surface area (Å²) in [5.74, 6) is 2.69. The Morgan fingerprint density at radius 1 is 1.16 bits per heavy atom. The molecule has 1 aromatic rings. The van der Waals surface area contributed by atoms with E-state index in [1.54, 1.807) is 11.8 Å². The molecule has 2 unspecified atom stereocenters. The molecule has 4 fully saturated rings. The number of carbonyl (C=O) groups excluding carboxylic acids is 1. The summed E-state index contributed by atoms with van der Waals surface area (Å²) < 4.78 is 0. The van der Waals surface area contributed by atoms with Crippen LogP contribution in [0.5, 0.6) is 0 Å². The van der Waals surface area contributed by atoms with E-state index < -0.39 is 0 Å². The lowest BCUT2D eigenvalue weighted by atomic mass is 9.42. The maximum Gasteiger partial charge on any atom is 0.232 e. The van der Waals surface area contributed by atoms with Crippen LogP contribution in [0.3, 0.4) is 0 Å². The Balaban J connectivity index is 1.48. The molecule has 4 bridgehead atoms. The predicted molar refractivity (Wildman–Crippen MR) is 103 cm³/mol. The highest BCUT2D eigenvalue weighted by molar-refractivity contribution is 8.14. The number of amides is 1. The standard InChI is InChI=1S/C21H26N2OS/c1-14-2-4-17(5-3-14)20-9-15-8-16(10-20)12-21(11-15,13-20)18(24)23-19-22-6-7-25-19/h2-5,15-16H,6-13H2,1H3,(H,22,23,24). The molecule has 4 saturated carbocycles. The molecule has 1 aliphatic heterocycles. The maximum atomic E-state index is 13.3. The summed E-state index contributed by atoms with van der Waals surface area (Å²) in [5.41, 5.74) is 2.84. The molecule has 5 aliphatic rings. The Kier molecular flexibility index (Phi) is 3.57. The van der Waals surface area contributed by atoms with Crippen molar-refractivity contribution in [2.45, 2.75) is 50.9 Å². The number of aliphatic imine (C=N–C) groups is 1. The fourth-order valence-corrected chi connectivity index (χ4v) is 7.14. The Morgan fingerprint density at radius 2 is 1.88 bits per heavy atom. The van der Waals surface area contributed by atoms with Gasteiger partial charge in [0.15, 0.2) is 5.17 Å². The molecule has 3 nitrogen and oxygen atoms in total. The number of nitrogens with zero attached hydrogens (tertiary/aromatic N) is 1. The zero-order valence-electron chi connectivity index (χ0n) is 14.9. The minimum Gasteiger partial charge on any atom is -0.305 e. The van der Waals surface area contributed by atoms with Crippen LogP contribution in [-0.4, -0.2) is 23.4 Å². The molecule has 4 aliphatic carbocycles. The lowest BCUT2D eigenvalue weighted by molar-refractivity contribution is -0.147. The van der Waals surface area contributed by atoms with E-state index in [9.17, 15) is 4.79 Å². The molecule has 2 atom stereocenters. The van der Waals surface area contributed by atoms with E-state index in [0.29, 0.717) is 11.8 Å². The molecular formula is C21H26N2OS. The van der Waals surface area contributed by atoms with E-state index >= 15 is 0 Å². The Hall–Kier alpha value is -1.29. The van der Waals surface area contributed by atoms with Gasteiger partial charge in [0.2, 0.25) is 5.91 Å². The van der Waals surface area contributed by atoms with Gasteiger partial charge in [-0.05, 0) is 68.3 Å². The van der Waals surface area contributed by atoms with Gasteiger partial charge >= 0.3 is 0 Å². The van der Waals surface area contributed by atoms with Gasteiger partial charge in [-0.25, -0.2) is 0 Å². The summed E-state index contributed by atoms with van der Waals surface area (Å²) in [5, 5.41) is 4.04. The first-order valence-corrected chi connectivity index (χ1v) is 10.6. The van der Waals surface area contributed by atoms with Gasteiger partial charge in [0.25, 0.3) is 0 Å². The number of nitrogens with one attached hydrogen (secondary N) is 1. The molecular weight excluding hydrogens is 328 g/mol. The van der Waals surface area contributed by atoms with E-state index in [1.807, 2.05) is 0 Å². The molecule has 0 spiro atoms. The molecule has 0 saturated heterocycles. The van der Waals surface area contributed by atoms with Crippen LogP contribution in [0.2, 0.25) is 0 Å². The zero-order chi connectivity index (χ0) is 17.1. The van der Waals surface area contributed by atoms with Gasteiger partial charge in [-0.1, -0.05) is 41.6 Å². The number of rotatable bonds is 2. The average molecular weight is 355 g/mol.